The minimum atomic E-state index is -3.60. The Balaban J connectivity index is 2.08. The van der Waals surface area contributed by atoms with Crippen molar-refractivity contribution in [3.8, 4) is 28.0 Å². The molecule has 7 heteroatoms. The molecule has 0 spiro atoms. The van der Waals surface area contributed by atoms with Gasteiger partial charge in [0, 0.05) is 17.4 Å². The maximum atomic E-state index is 14.2. The van der Waals surface area contributed by atoms with Crippen molar-refractivity contribution in [3.63, 3.8) is 0 Å². The van der Waals surface area contributed by atoms with Crippen molar-refractivity contribution in [2.75, 3.05) is 13.4 Å². The van der Waals surface area contributed by atoms with Crippen molar-refractivity contribution in [1.29, 1.82) is 0 Å². The molecule has 0 saturated carbocycles. The zero-order chi connectivity index (χ0) is 18.2. The third-order valence-corrected chi connectivity index (χ3v) is 5.94. The van der Waals surface area contributed by atoms with Crippen molar-refractivity contribution in [2.24, 2.45) is 0 Å². The van der Waals surface area contributed by atoms with Gasteiger partial charge in [-0.1, -0.05) is 23.7 Å². The smallest absolute Gasteiger partial charge is 0.178 e. The van der Waals surface area contributed by atoms with Gasteiger partial charge in [-0.3, -0.25) is 0 Å². The molecule has 3 aromatic rings. The van der Waals surface area contributed by atoms with Crippen molar-refractivity contribution in [1.82, 2.24) is 0 Å². The highest BCUT2D eigenvalue weighted by Gasteiger charge is 2.16. The summed E-state index contributed by atoms with van der Waals surface area (Å²) in [5.41, 5.74) is 3.17. The lowest BCUT2D eigenvalue weighted by molar-refractivity contribution is 0.415. The average Bonchev–Trinajstić information content (AvgIpc) is 3.03. The molecule has 2 aromatic carbocycles. The predicted octanol–water partition coefficient (Wildman–Crippen LogP) is 5.29. The molecule has 1 heterocycles. The van der Waals surface area contributed by atoms with Gasteiger partial charge in [0.25, 0.3) is 0 Å². The van der Waals surface area contributed by atoms with Gasteiger partial charge in [-0.05, 0) is 46.2 Å². The summed E-state index contributed by atoms with van der Waals surface area (Å²) in [5, 5.41) is 4.31. The lowest BCUT2D eigenvalue weighted by Gasteiger charge is -2.09. The molecule has 0 aliphatic carbocycles. The van der Waals surface area contributed by atoms with Crippen LogP contribution in [0.1, 0.15) is 0 Å². The highest BCUT2D eigenvalue weighted by molar-refractivity contribution is 7.90. The monoisotopic (exact) mass is 396 g/mol. The molecule has 1 aromatic heterocycles. The Morgan fingerprint density at radius 1 is 1.04 bits per heavy atom. The Morgan fingerprint density at radius 2 is 1.64 bits per heavy atom. The minimum absolute atomic E-state index is 0.305. The highest BCUT2D eigenvalue weighted by atomic mass is 35.5. The van der Waals surface area contributed by atoms with E-state index in [4.69, 9.17) is 16.3 Å². The van der Waals surface area contributed by atoms with Crippen LogP contribution in [0.4, 0.5) is 4.39 Å². The lowest BCUT2D eigenvalue weighted by atomic mass is 9.99. The predicted molar refractivity (Wildman–Crippen MR) is 99.8 cm³/mol. The summed E-state index contributed by atoms with van der Waals surface area (Å²) in [6.45, 7) is 0. The molecule has 0 amide bonds. The molecule has 0 bridgehead atoms. The lowest BCUT2D eigenvalue weighted by Crippen LogP contribution is -2.00. The van der Waals surface area contributed by atoms with Gasteiger partial charge < -0.3 is 4.74 Å². The molecule has 0 radical (unpaired) electrons. The van der Waals surface area contributed by atoms with Crippen molar-refractivity contribution in [3.05, 3.63) is 58.0 Å². The third-order valence-electron chi connectivity index (χ3n) is 3.77. The van der Waals surface area contributed by atoms with Crippen LogP contribution in [0.15, 0.2) is 52.1 Å². The highest BCUT2D eigenvalue weighted by Crippen LogP contribution is 2.38. The van der Waals surface area contributed by atoms with Gasteiger partial charge in [0.2, 0.25) is 0 Å². The molecule has 0 N–H and O–H groups in total. The molecule has 0 saturated heterocycles. The molecule has 0 unspecified atom stereocenters. The molecule has 0 aliphatic heterocycles. The van der Waals surface area contributed by atoms with Crippen LogP contribution in [0.2, 0.25) is 5.02 Å². The maximum Gasteiger partial charge on any atom is 0.178 e. The third kappa shape index (κ3) is 3.56. The van der Waals surface area contributed by atoms with Crippen LogP contribution in [-0.2, 0) is 9.84 Å². The fraction of sp³-hybridized carbons (Fsp3) is 0.111. The number of ether oxygens (including phenoxy) is 1. The molecule has 25 heavy (non-hydrogen) atoms. The first-order chi connectivity index (χ1) is 11.8. The number of thiophene rings is 1. The van der Waals surface area contributed by atoms with E-state index in [1.165, 1.54) is 23.5 Å². The van der Waals surface area contributed by atoms with Crippen LogP contribution >= 0.6 is 22.9 Å². The van der Waals surface area contributed by atoms with Crippen molar-refractivity contribution in [2.45, 2.75) is 4.90 Å². The number of hydrogen-bond donors (Lipinski definition) is 0. The Labute approximate surface area is 154 Å². The van der Waals surface area contributed by atoms with Gasteiger partial charge in [-0.2, -0.15) is 11.3 Å². The minimum Gasteiger partial charge on any atom is -0.495 e. The summed E-state index contributed by atoms with van der Waals surface area (Å²) in [5.74, 6) is -0.185. The van der Waals surface area contributed by atoms with E-state index in [-0.39, 0.29) is 4.90 Å². The summed E-state index contributed by atoms with van der Waals surface area (Å²) in [7, 11) is -2.05. The molecule has 3 rings (SSSR count). The second-order valence-electron chi connectivity index (χ2n) is 5.47. The van der Waals surface area contributed by atoms with E-state index in [9.17, 15) is 12.8 Å². The van der Waals surface area contributed by atoms with Gasteiger partial charge in [0.05, 0.1) is 12.1 Å². The first-order valence-electron chi connectivity index (χ1n) is 7.21. The van der Waals surface area contributed by atoms with Gasteiger partial charge in [0.1, 0.15) is 16.5 Å². The first-order valence-corrected chi connectivity index (χ1v) is 10.4. The van der Waals surface area contributed by atoms with Gasteiger partial charge >= 0.3 is 0 Å². The SMILES string of the molecule is COc1ccc(-c2cscc2-c2ccc(S(C)(=O)=O)c(F)c2)cc1Cl. The Kier molecular flexibility index (Phi) is 4.86. The maximum absolute atomic E-state index is 14.2. The summed E-state index contributed by atoms with van der Waals surface area (Å²) in [4.78, 5) is -0.305. The van der Waals surface area contributed by atoms with E-state index in [1.54, 1.807) is 25.3 Å². The van der Waals surface area contributed by atoms with Crippen molar-refractivity contribution < 1.29 is 17.5 Å². The summed E-state index contributed by atoms with van der Waals surface area (Å²) in [6, 6.07) is 9.57. The molecular formula is C18H14ClFO3S2. The van der Waals surface area contributed by atoms with Gasteiger partial charge in [-0.25, -0.2) is 12.8 Å². The summed E-state index contributed by atoms with van der Waals surface area (Å²) < 4.78 is 42.5. The second kappa shape index (κ2) is 6.78. The number of hydrogen-bond acceptors (Lipinski definition) is 4. The second-order valence-corrected chi connectivity index (χ2v) is 8.60. The van der Waals surface area contributed by atoms with E-state index in [2.05, 4.69) is 0 Å². The van der Waals surface area contributed by atoms with Crippen molar-refractivity contribution >= 4 is 32.8 Å². The van der Waals surface area contributed by atoms with Crippen LogP contribution < -0.4 is 4.74 Å². The normalized spacial score (nSPS) is 11.5. The van der Waals surface area contributed by atoms with E-state index < -0.39 is 15.7 Å². The largest absolute Gasteiger partial charge is 0.495 e. The fourth-order valence-corrected chi connectivity index (χ4v) is 4.40. The van der Waals surface area contributed by atoms with Crippen LogP contribution in [-0.4, -0.2) is 21.8 Å². The summed E-state index contributed by atoms with van der Waals surface area (Å²) >= 11 is 7.66. The van der Waals surface area contributed by atoms with Gasteiger partial charge in [-0.15, -0.1) is 0 Å². The quantitative estimate of drug-likeness (QED) is 0.602. The van der Waals surface area contributed by atoms with E-state index >= 15 is 0 Å². The first kappa shape index (κ1) is 17.9. The Hall–Kier alpha value is -1.89. The summed E-state index contributed by atoms with van der Waals surface area (Å²) in [6.07, 6.45) is 0.987. The van der Waals surface area contributed by atoms with E-state index in [0.717, 1.165) is 22.9 Å². The van der Waals surface area contributed by atoms with Crippen LogP contribution in [0.5, 0.6) is 5.75 Å². The standard InChI is InChI=1S/C18H14ClFO3S2/c1-23-17-5-3-11(7-15(17)19)13-9-24-10-14(13)12-4-6-18(16(20)8-12)25(2,21)22/h3-10H,1-2H3. The molecule has 0 atom stereocenters. The zero-order valence-electron chi connectivity index (χ0n) is 13.4. The van der Waals surface area contributed by atoms with Crippen LogP contribution in [0, 0.1) is 5.82 Å². The number of benzene rings is 2. The zero-order valence-corrected chi connectivity index (χ0v) is 15.8. The van der Waals surface area contributed by atoms with Gasteiger partial charge in [0.15, 0.2) is 9.84 Å². The Morgan fingerprint density at radius 3 is 2.16 bits per heavy atom. The average molecular weight is 397 g/mol. The topological polar surface area (TPSA) is 43.4 Å². The molecule has 130 valence electrons. The molecule has 3 nitrogen and oxygen atoms in total. The van der Waals surface area contributed by atoms with E-state index in [0.29, 0.717) is 16.3 Å². The van der Waals surface area contributed by atoms with Crippen LogP contribution in [0.25, 0.3) is 22.3 Å². The number of halogens is 2. The Bertz CT molecular complexity index is 1040. The molecule has 0 fully saturated rings. The fourth-order valence-electron chi connectivity index (χ4n) is 2.55. The number of sulfone groups is 1. The number of methoxy groups -OCH3 is 1. The molecular weight excluding hydrogens is 383 g/mol. The molecule has 0 aliphatic rings. The number of rotatable bonds is 4. The van der Waals surface area contributed by atoms with Crippen LogP contribution in [0.3, 0.4) is 0 Å². The van der Waals surface area contributed by atoms with E-state index in [1.807, 2.05) is 16.8 Å².